The maximum absolute atomic E-state index is 11.1. The Morgan fingerprint density at radius 2 is 2.11 bits per heavy atom. The Labute approximate surface area is 115 Å². The van der Waals surface area contributed by atoms with Gasteiger partial charge in [0, 0.05) is 12.1 Å². The summed E-state index contributed by atoms with van der Waals surface area (Å²) in [4.78, 5) is 11.1. The van der Waals surface area contributed by atoms with Gasteiger partial charge in [0.15, 0.2) is 6.61 Å². The number of benzene rings is 1. The van der Waals surface area contributed by atoms with Gasteiger partial charge in [-0.05, 0) is 24.9 Å². The van der Waals surface area contributed by atoms with Crippen molar-refractivity contribution in [1.29, 1.82) is 0 Å². The average Bonchev–Trinajstić information content (AvgIpc) is 2.37. The van der Waals surface area contributed by atoms with Crippen LogP contribution < -0.4 is 10.1 Å². The van der Waals surface area contributed by atoms with Crippen molar-refractivity contribution in [2.24, 2.45) is 5.92 Å². The van der Waals surface area contributed by atoms with E-state index in [2.05, 4.69) is 23.9 Å². The van der Waals surface area contributed by atoms with Crippen LogP contribution in [0.15, 0.2) is 18.2 Å². The fraction of sp³-hybridized carbons (Fsp3) is 0.533. The predicted molar refractivity (Wildman–Crippen MR) is 75.2 cm³/mol. The summed E-state index contributed by atoms with van der Waals surface area (Å²) in [7, 11) is 1.36. The second kappa shape index (κ2) is 7.79. The molecule has 1 aromatic rings. The van der Waals surface area contributed by atoms with Gasteiger partial charge in [0.1, 0.15) is 5.75 Å². The first-order valence-electron chi connectivity index (χ1n) is 6.53. The molecule has 19 heavy (non-hydrogen) atoms. The summed E-state index contributed by atoms with van der Waals surface area (Å²) in [5, 5.41) is 3.37. The molecule has 0 unspecified atom stereocenters. The van der Waals surface area contributed by atoms with Gasteiger partial charge >= 0.3 is 5.97 Å². The van der Waals surface area contributed by atoms with Crippen LogP contribution in [0.3, 0.4) is 0 Å². The maximum Gasteiger partial charge on any atom is 0.343 e. The molecule has 0 spiro atoms. The van der Waals surface area contributed by atoms with E-state index < -0.39 is 0 Å². The number of para-hydroxylation sites is 1. The highest BCUT2D eigenvalue weighted by Gasteiger charge is 2.09. The zero-order chi connectivity index (χ0) is 14.3. The highest BCUT2D eigenvalue weighted by molar-refractivity contribution is 5.71. The minimum Gasteiger partial charge on any atom is -0.481 e. The summed E-state index contributed by atoms with van der Waals surface area (Å²) in [5.41, 5.74) is 2.08. The summed E-state index contributed by atoms with van der Waals surface area (Å²) in [6, 6.07) is 5.97. The molecular formula is C15H23NO3. The SMILES string of the molecule is COC(=O)COc1c(C)cccc1CNCC(C)C. The average molecular weight is 265 g/mol. The van der Waals surface area contributed by atoms with Crippen LogP contribution in [0.2, 0.25) is 0 Å². The first-order valence-corrected chi connectivity index (χ1v) is 6.53. The molecular weight excluding hydrogens is 242 g/mol. The van der Waals surface area contributed by atoms with Crippen LogP contribution in [0, 0.1) is 12.8 Å². The van der Waals surface area contributed by atoms with Gasteiger partial charge in [-0.25, -0.2) is 4.79 Å². The number of carbonyl (C=O) groups excluding carboxylic acids is 1. The molecule has 0 fully saturated rings. The van der Waals surface area contributed by atoms with E-state index in [0.717, 1.165) is 30.0 Å². The van der Waals surface area contributed by atoms with Gasteiger partial charge in [0.05, 0.1) is 7.11 Å². The van der Waals surface area contributed by atoms with Crippen molar-refractivity contribution in [2.45, 2.75) is 27.3 Å². The van der Waals surface area contributed by atoms with Gasteiger partial charge in [0.2, 0.25) is 0 Å². The van der Waals surface area contributed by atoms with E-state index in [1.807, 2.05) is 25.1 Å². The smallest absolute Gasteiger partial charge is 0.343 e. The van der Waals surface area contributed by atoms with Crippen LogP contribution in [0.4, 0.5) is 0 Å². The standard InChI is InChI=1S/C15H23NO3/c1-11(2)8-16-9-13-7-5-6-12(3)15(13)19-10-14(17)18-4/h5-7,11,16H,8-10H2,1-4H3. The lowest BCUT2D eigenvalue weighted by Gasteiger charge is -2.14. The monoisotopic (exact) mass is 265 g/mol. The number of hydrogen-bond donors (Lipinski definition) is 1. The van der Waals surface area contributed by atoms with Crippen molar-refractivity contribution in [1.82, 2.24) is 5.32 Å². The van der Waals surface area contributed by atoms with Crippen molar-refractivity contribution in [3.05, 3.63) is 29.3 Å². The molecule has 0 aromatic heterocycles. The molecule has 4 nitrogen and oxygen atoms in total. The lowest BCUT2D eigenvalue weighted by molar-refractivity contribution is -0.142. The van der Waals surface area contributed by atoms with Crippen LogP contribution in [-0.2, 0) is 16.1 Å². The number of aryl methyl sites for hydroxylation is 1. The van der Waals surface area contributed by atoms with E-state index in [-0.39, 0.29) is 12.6 Å². The van der Waals surface area contributed by atoms with E-state index in [9.17, 15) is 4.79 Å². The van der Waals surface area contributed by atoms with Crippen LogP contribution in [0.5, 0.6) is 5.75 Å². The van der Waals surface area contributed by atoms with Crippen LogP contribution >= 0.6 is 0 Å². The minimum atomic E-state index is -0.371. The van der Waals surface area contributed by atoms with E-state index in [0.29, 0.717) is 5.92 Å². The Morgan fingerprint density at radius 3 is 2.74 bits per heavy atom. The molecule has 0 heterocycles. The molecule has 0 bridgehead atoms. The third kappa shape index (κ3) is 5.30. The fourth-order valence-corrected chi connectivity index (χ4v) is 1.74. The van der Waals surface area contributed by atoms with Crippen molar-refractivity contribution in [3.63, 3.8) is 0 Å². The minimum absolute atomic E-state index is 0.0570. The van der Waals surface area contributed by atoms with Crippen molar-refractivity contribution in [2.75, 3.05) is 20.3 Å². The molecule has 1 aromatic carbocycles. The molecule has 106 valence electrons. The number of carbonyl (C=O) groups is 1. The number of rotatable bonds is 7. The summed E-state index contributed by atoms with van der Waals surface area (Å²) < 4.78 is 10.1. The Kier molecular flexibility index (Phi) is 6.36. The molecule has 0 radical (unpaired) electrons. The largest absolute Gasteiger partial charge is 0.481 e. The highest BCUT2D eigenvalue weighted by atomic mass is 16.6. The summed E-state index contributed by atoms with van der Waals surface area (Å²) >= 11 is 0. The first-order chi connectivity index (χ1) is 9.04. The molecule has 0 atom stereocenters. The zero-order valence-corrected chi connectivity index (χ0v) is 12.2. The van der Waals surface area contributed by atoms with Crippen molar-refractivity contribution in [3.8, 4) is 5.75 Å². The molecule has 0 aliphatic rings. The second-order valence-electron chi connectivity index (χ2n) is 4.95. The topological polar surface area (TPSA) is 47.6 Å². The molecule has 0 saturated carbocycles. The summed E-state index contributed by atoms with van der Waals surface area (Å²) in [6.07, 6.45) is 0. The lowest BCUT2D eigenvalue weighted by atomic mass is 10.1. The first kappa shape index (κ1) is 15.5. The van der Waals surface area contributed by atoms with Gasteiger partial charge in [-0.3, -0.25) is 0 Å². The van der Waals surface area contributed by atoms with Crippen LogP contribution in [-0.4, -0.2) is 26.2 Å². The van der Waals surface area contributed by atoms with Crippen LogP contribution in [0.1, 0.15) is 25.0 Å². The Balaban J connectivity index is 2.68. The van der Waals surface area contributed by atoms with E-state index in [1.165, 1.54) is 7.11 Å². The molecule has 1 N–H and O–H groups in total. The number of esters is 1. The second-order valence-corrected chi connectivity index (χ2v) is 4.95. The van der Waals surface area contributed by atoms with E-state index >= 15 is 0 Å². The number of nitrogens with one attached hydrogen (secondary N) is 1. The third-order valence-electron chi connectivity index (χ3n) is 2.72. The highest BCUT2D eigenvalue weighted by Crippen LogP contribution is 2.23. The zero-order valence-electron chi connectivity index (χ0n) is 12.2. The Bertz CT molecular complexity index is 416. The lowest BCUT2D eigenvalue weighted by Crippen LogP contribution is -2.20. The van der Waals surface area contributed by atoms with E-state index in [4.69, 9.17) is 4.74 Å². The summed E-state index contributed by atoms with van der Waals surface area (Å²) in [6.45, 7) is 7.92. The molecule has 4 heteroatoms. The molecule has 1 rings (SSSR count). The molecule has 0 aliphatic heterocycles. The van der Waals surface area contributed by atoms with Gasteiger partial charge < -0.3 is 14.8 Å². The van der Waals surface area contributed by atoms with Crippen LogP contribution in [0.25, 0.3) is 0 Å². The van der Waals surface area contributed by atoms with Gasteiger partial charge in [-0.15, -0.1) is 0 Å². The van der Waals surface area contributed by atoms with Gasteiger partial charge in [-0.2, -0.15) is 0 Å². The van der Waals surface area contributed by atoms with Crippen molar-refractivity contribution >= 4 is 5.97 Å². The Hall–Kier alpha value is -1.55. The Morgan fingerprint density at radius 1 is 1.37 bits per heavy atom. The predicted octanol–water partition coefficient (Wildman–Crippen LogP) is 2.29. The maximum atomic E-state index is 11.1. The quantitative estimate of drug-likeness (QED) is 0.768. The van der Waals surface area contributed by atoms with Gasteiger partial charge in [0.25, 0.3) is 0 Å². The molecule has 0 amide bonds. The fourth-order valence-electron chi connectivity index (χ4n) is 1.74. The van der Waals surface area contributed by atoms with Crippen molar-refractivity contribution < 1.29 is 14.3 Å². The summed E-state index contributed by atoms with van der Waals surface area (Å²) in [5.74, 6) is 0.998. The number of hydrogen-bond acceptors (Lipinski definition) is 4. The van der Waals surface area contributed by atoms with Gasteiger partial charge in [-0.1, -0.05) is 32.0 Å². The number of ether oxygens (including phenoxy) is 2. The third-order valence-corrected chi connectivity index (χ3v) is 2.72. The number of methoxy groups -OCH3 is 1. The molecule has 0 aliphatic carbocycles. The molecule has 0 saturated heterocycles. The van der Waals surface area contributed by atoms with E-state index in [1.54, 1.807) is 0 Å². The normalized spacial score (nSPS) is 10.6.